The summed E-state index contributed by atoms with van der Waals surface area (Å²) in [4.78, 5) is 23.1. The molecule has 0 radical (unpaired) electrons. The highest BCUT2D eigenvalue weighted by atomic mass is 19.1. The van der Waals surface area contributed by atoms with Gasteiger partial charge in [0.2, 0.25) is 0 Å². The third kappa shape index (κ3) is 4.88. The van der Waals surface area contributed by atoms with Gasteiger partial charge < -0.3 is 10.2 Å². The van der Waals surface area contributed by atoms with Crippen LogP contribution in [0.4, 0.5) is 15.9 Å². The molecule has 27 heavy (non-hydrogen) atoms. The number of nitrogens with one attached hydrogen (secondary N) is 1. The van der Waals surface area contributed by atoms with Crippen molar-refractivity contribution in [3.8, 4) is 0 Å². The average Bonchev–Trinajstić information content (AvgIpc) is 2.69. The predicted octanol–water partition coefficient (Wildman–Crippen LogP) is 3.66. The van der Waals surface area contributed by atoms with Crippen LogP contribution < -0.4 is 10.2 Å². The van der Waals surface area contributed by atoms with Crippen LogP contribution in [-0.2, 0) is 6.42 Å². The second-order valence-corrected chi connectivity index (χ2v) is 6.19. The zero-order valence-corrected chi connectivity index (χ0v) is 15.3. The third-order valence-electron chi connectivity index (χ3n) is 4.16. The fraction of sp³-hybridized carbons (Fsp3) is 0.190. The van der Waals surface area contributed by atoms with E-state index in [0.717, 1.165) is 11.3 Å². The molecule has 0 aliphatic rings. The maximum Gasteiger partial charge on any atom is 0.270 e. The number of benzene rings is 2. The SMILES string of the molecule is Cc1nc(C(=O)NCCc2ccc(F)cc2)cc(N(C)c2ccccc2)n1. The van der Waals surface area contributed by atoms with Crippen molar-refractivity contribution in [1.82, 2.24) is 15.3 Å². The van der Waals surface area contributed by atoms with Crippen molar-refractivity contribution >= 4 is 17.4 Å². The molecule has 0 bridgehead atoms. The lowest BCUT2D eigenvalue weighted by molar-refractivity contribution is 0.0948. The topological polar surface area (TPSA) is 58.1 Å². The van der Waals surface area contributed by atoms with E-state index in [0.29, 0.717) is 30.3 Å². The van der Waals surface area contributed by atoms with Gasteiger partial charge in [0.25, 0.3) is 5.91 Å². The number of rotatable bonds is 6. The molecule has 6 heteroatoms. The predicted molar refractivity (Wildman–Crippen MR) is 104 cm³/mol. The number of carbonyl (C=O) groups is 1. The smallest absolute Gasteiger partial charge is 0.270 e. The van der Waals surface area contributed by atoms with Crippen molar-refractivity contribution in [3.05, 3.63) is 83.6 Å². The average molecular weight is 364 g/mol. The number of nitrogens with zero attached hydrogens (tertiary/aromatic N) is 3. The van der Waals surface area contributed by atoms with Crippen LogP contribution in [-0.4, -0.2) is 29.5 Å². The Morgan fingerprint density at radius 3 is 2.48 bits per heavy atom. The van der Waals surface area contributed by atoms with Crippen LogP contribution >= 0.6 is 0 Å². The first kappa shape index (κ1) is 18.5. The summed E-state index contributed by atoms with van der Waals surface area (Å²) in [5.74, 6) is 0.649. The first-order chi connectivity index (χ1) is 13.0. The van der Waals surface area contributed by atoms with E-state index in [1.807, 2.05) is 42.3 Å². The molecule has 1 amide bonds. The van der Waals surface area contributed by atoms with Gasteiger partial charge in [0.15, 0.2) is 0 Å². The van der Waals surface area contributed by atoms with Gasteiger partial charge in [-0.2, -0.15) is 0 Å². The molecule has 0 aliphatic heterocycles. The van der Waals surface area contributed by atoms with Crippen molar-refractivity contribution in [2.45, 2.75) is 13.3 Å². The van der Waals surface area contributed by atoms with Crippen molar-refractivity contribution in [3.63, 3.8) is 0 Å². The van der Waals surface area contributed by atoms with Crippen LogP contribution in [0.3, 0.4) is 0 Å². The molecule has 0 atom stereocenters. The standard InChI is InChI=1S/C21H21FN4O/c1-15-24-19(14-20(25-15)26(2)18-6-4-3-5-7-18)21(27)23-13-12-16-8-10-17(22)11-9-16/h3-11,14H,12-13H2,1-2H3,(H,23,27). The third-order valence-corrected chi connectivity index (χ3v) is 4.16. The summed E-state index contributed by atoms with van der Waals surface area (Å²) in [6, 6.07) is 17.7. The maximum absolute atomic E-state index is 12.9. The fourth-order valence-corrected chi connectivity index (χ4v) is 2.69. The highest BCUT2D eigenvalue weighted by Crippen LogP contribution is 2.21. The molecule has 0 aliphatic carbocycles. The molecule has 1 N–H and O–H groups in total. The molecule has 0 spiro atoms. The van der Waals surface area contributed by atoms with Gasteiger partial charge in [-0.3, -0.25) is 4.79 Å². The molecule has 0 saturated heterocycles. The van der Waals surface area contributed by atoms with Gasteiger partial charge in [0, 0.05) is 25.3 Å². The van der Waals surface area contributed by atoms with E-state index in [1.54, 1.807) is 25.1 Å². The van der Waals surface area contributed by atoms with Gasteiger partial charge in [0.1, 0.15) is 23.2 Å². The molecule has 0 saturated carbocycles. The monoisotopic (exact) mass is 364 g/mol. The molecule has 3 aromatic rings. The lowest BCUT2D eigenvalue weighted by Crippen LogP contribution is -2.27. The van der Waals surface area contributed by atoms with Crippen molar-refractivity contribution in [2.24, 2.45) is 0 Å². The summed E-state index contributed by atoms with van der Waals surface area (Å²) in [6.07, 6.45) is 0.618. The minimum atomic E-state index is -0.269. The molecule has 5 nitrogen and oxygen atoms in total. The number of aryl methyl sites for hydroxylation is 1. The first-order valence-electron chi connectivity index (χ1n) is 8.70. The Labute approximate surface area is 157 Å². The Balaban J connectivity index is 1.67. The van der Waals surface area contributed by atoms with Gasteiger partial charge in [-0.25, -0.2) is 14.4 Å². The number of hydrogen-bond donors (Lipinski definition) is 1. The zero-order valence-electron chi connectivity index (χ0n) is 15.3. The van der Waals surface area contributed by atoms with E-state index in [4.69, 9.17) is 0 Å². The molecule has 1 heterocycles. The van der Waals surface area contributed by atoms with Crippen LogP contribution in [0.2, 0.25) is 0 Å². The minimum absolute atomic E-state index is 0.259. The zero-order chi connectivity index (χ0) is 19.2. The quantitative estimate of drug-likeness (QED) is 0.725. The summed E-state index contributed by atoms with van der Waals surface area (Å²) in [5, 5.41) is 2.85. The second-order valence-electron chi connectivity index (χ2n) is 6.19. The lowest BCUT2D eigenvalue weighted by Gasteiger charge is -2.19. The van der Waals surface area contributed by atoms with E-state index < -0.39 is 0 Å². The fourth-order valence-electron chi connectivity index (χ4n) is 2.69. The van der Waals surface area contributed by atoms with Gasteiger partial charge >= 0.3 is 0 Å². The molecule has 138 valence electrons. The molecule has 3 rings (SSSR count). The Hall–Kier alpha value is -3.28. The molecule has 0 fully saturated rings. The minimum Gasteiger partial charge on any atom is -0.350 e. The van der Waals surface area contributed by atoms with E-state index in [1.165, 1.54) is 12.1 Å². The Morgan fingerprint density at radius 1 is 1.07 bits per heavy atom. The van der Waals surface area contributed by atoms with Crippen LogP contribution in [0.15, 0.2) is 60.7 Å². The molecular formula is C21H21FN4O. The number of halogens is 1. The van der Waals surface area contributed by atoms with E-state index in [9.17, 15) is 9.18 Å². The summed E-state index contributed by atoms with van der Waals surface area (Å²) in [7, 11) is 1.90. The highest BCUT2D eigenvalue weighted by molar-refractivity contribution is 5.93. The van der Waals surface area contributed by atoms with Gasteiger partial charge in [0.05, 0.1) is 0 Å². The normalized spacial score (nSPS) is 10.5. The first-order valence-corrected chi connectivity index (χ1v) is 8.70. The van der Waals surface area contributed by atoms with Crippen LogP contribution in [0.1, 0.15) is 21.9 Å². The largest absolute Gasteiger partial charge is 0.350 e. The van der Waals surface area contributed by atoms with Crippen LogP contribution in [0.5, 0.6) is 0 Å². The van der Waals surface area contributed by atoms with E-state index in [-0.39, 0.29) is 11.7 Å². The highest BCUT2D eigenvalue weighted by Gasteiger charge is 2.13. The molecule has 1 aromatic heterocycles. The summed E-state index contributed by atoms with van der Waals surface area (Å²) >= 11 is 0. The van der Waals surface area contributed by atoms with Gasteiger partial charge in [-0.05, 0) is 43.2 Å². The number of aromatic nitrogens is 2. The number of para-hydroxylation sites is 1. The van der Waals surface area contributed by atoms with Gasteiger partial charge in [-0.15, -0.1) is 0 Å². The van der Waals surface area contributed by atoms with Gasteiger partial charge in [-0.1, -0.05) is 30.3 Å². The second kappa shape index (κ2) is 8.40. The van der Waals surface area contributed by atoms with E-state index >= 15 is 0 Å². The van der Waals surface area contributed by atoms with E-state index in [2.05, 4.69) is 15.3 Å². The van der Waals surface area contributed by atoms with Crippen molar-refractivity contribution in [1.29, 1.82) is 0 Å². The Bertz CT molecular complexity index is 913. The van der Waals surface area contributed by atoms with Crippen molar-refractivity contribution < 1.29 is 9.18 Å². The summed E-state index contributed by atoms with van der Waals surface area (Å²) < 4.78 is 12.9. The molecule has 0 unspecified atom stereocenters. The lowest BCUT2D eigenvalue weighted by atomic mass is 10.1. The Kier molecular flexibility index (Phi) is 5.76. The summed E-state index contributed by atoms with van der Waals surface area (Å²) in [5.41, 5.74) is 2.25. The number of carbonyl (C=O) groups excluding carboxylic acids is 1. The number of amides is 1. The molecule has 2 aromatic carbocycles. The number of hydrogen-bond acceptors (Lipinski definition) is 4. The maximum atomic E-state index is 12.9. The van der Waals surface area contributed by atoms with Crippen LogP contribution in [0, 0.1) is 12.7 Å². The van der Waals surface area contributed by atoms with Crippen LogP contribution in [0.25, 0.3) is 0 Å². The van der Waals surface area contributed by atoms with Crippen molar-refractivity contribution in [2.75, 3.05) is 18.5 Å². The number of anilines is 2. The summed E-state index contributed by atoms with van der Waals surface area (Å²) in [6.45, 7) is 2.20. The Morgan fingerprint density at radius 2 is 1.78 bits per heavy atom. The molecular weight excluding hydrogens is 343 g/mol.